The van der Waals surface area contributed by atoms with Crippen molar-refractivity contribution in [1.29, 1.82) is 0 Å². The van der Waals surface area contributed by atoms with Gasteiger partial charge in [0.15, 0.2) is 0 Å². The number of rotatable bonds is 26. The van der Waals surface area contributed by atoms with E-state index in [9.17, 15) is 9.59 Å². The van der Waals surface area contributed by atoms with Gasteiger partial charge in [0, 0.05) is 12.8 Å². The molecule has 1 N–H and O–H groups in total. The quantitative estimate of drug-likeness (QED) is 0.101. The summed E-state index contributed by atoms with van der Waals surface area (Å²) in [4.78, 5) is 22.3. The molecule has 4 nitrogen and oxygen atoms in total. The summed E-state index contributed by atoms with van der Waals surface area (Å²) in [6.45, 7) is 4.13. The van der Waals surface area contributed by atoms with Crippen molar-refractivity contribution in [2.45, 2.75) is 174 Å². The maximum Gasteiger partial charge on any atom is 0.306 e. The van der Waals surface area contributed by atoms with Crippen LogP contribution in [0.15, 0.2) is 0 Å². The first-order chi connectivity index (χ1) is 16.1. The van der Waals surface area contributed by atoms with Crippen molar-refractivity contribution in [1.82, 2.24) is 0 Å². The van der Waals surface area contributed by atoms with Crippen molar-refractivity contribution < 1.29 is 19.4 Å². The monoisotopic (exact) mass is 468 g/mol. The first-order valence-corrected chi connectivity index (χ1v) is 14.5. The molecule has 0 bridgehead atoms. The normalized spacial score (nSPS) is 12.1. The van der Waals surface area contributed by atoms with Crippen LogP contribution >= 0.6 is 0 Å². The summed E-state index contributed by atoms with van der Waals surface area (Å²) < 4.78 is 5.34. The van der Waals surface area contributed by atoms with E-state index in [0.717, 1.165) is 12.8 Å². The van der Waals surface area contributed by atoms with Gasteiger partial charge in [-0.2, -0.15) is 0 Å². The van der Waals surface area contributed by atoms with E-state index in [1.807, 2.05) is 6.92 Å². The number of ether oxygens (including phenoxy) is 1. The topological polar surface area (TPSA) is 63.6 Å². The van der Waals surface area contributed by atoms with Gasteiger partial charge in [-0.15, -0.1) is 0 Å². The fourth-order valence-corrected chi connectivity index (χ4v) is 4.41. The van der Waals surface area contributed by atoms with Crippen molar-refractivity contribution in [2.24, 2.45) is 0 Å². The molecule has 33 heavy (non-hydrogen) atoms. The fourth-order valence-electron chi connectivity index (χ4n) is 4.41. The highest BCUT2D eigenvalue weighted by molar-refractivity contribution is 5.69. The number of hydrogen-bond donors (Lipinski definition) is 1. The average molecular weight is 469 g/mol. The molecule has 0 aromatic heterocycles. The summed E-state index contributed by atoms with van der Waals surface area (Å²) in [6, 6.07) is 0. The molecule has 4 heteroatoms. The zero-order chi connectivity index (χ0) is 24.4. The van der Waals surface area contributed by atoms with Crippen LogP contribution in [0.5, 0.6) is 0 Å². The zero-order valence-corrected chi connectivity index (χ0v) is 22.2. The van der Waals surface area contributed by atoms with Crippen LogP contribution in [-0.2, 0) is 14.3 Å². The van der Waals surface area contributed by atoms with Crippen LogP contribution in [0, 0.1) is 0 Å². The van der Waals surface area contributed by atoms with Crippen molar-refractivity contribution in [3.05, 3.63) is 0 Å². The number of carbonyl (C=O) groups is 2. The van der Waals surface area contributed by atoms with Gasteiger partial charge in [-0.05, 0) is 26.2 Å². The van der Waals surface area contributed by atoms with Crippen LogP contribution in [0.1, 0.15) is 168 Å². The Balaban J connectivity index is 3.20. The second-order valence-electron chi connectivity index (χ2n) is 10.1. The molecule has 0 radical (unpaired) electrons. The highest BCUT2D eigenvalue weighted by atomic mass is 16.5. The molecule has 0 saturated heterocycles. The van der Waals surface area contributed by atoms with Crippen LogP contribution in [0.25, 0.3) is 0 Å². The van der Waals surface area contributed by atoms with Crippen LogP contribution in [0.4, 0.5) is 0 Å². The fraction of sp³-hybridized carbons (Fsp3) is 0.931. The first-order valence-electron chi connectivity index (χ1n) is 14.5. The summed E-state index contributed by atoms with van der Waals surface area (Å²) in [5.41, 5.74) is 0. The lowest BCUT2D eigenvalue weighted by atomic mass is 10.0. The van der Waals surface area contributed by atoms with E-state index < -0.39 is 5.97 Å². The van der Waals surface area contributed by atoms with Gasteiger partial charge in [-0.1, -0.05) is 129 Å². The van der Waals surface area contributed by atoms with Crippen molar-refractivity contribution >= 4 is 11.9 Å². The Morgan fingerprint density at radius 1 is 0.576 bits per heavy atom. The number of carboxylic acids is 1. The van der Waals surface area contributed by atoms with Gasteiger partial charge in [0.25, 0.3) is 0 Å². The predicted octanol–water partition coefficient (Wildman–Crippen LogP) is 9.39. The molecule has 0 aliphatic carbocycles. The highest BCUT2D eigenvalue weighted by Crippen LogP contribution is 2.15. The molecule has 0 rings (SSSR count). The minimum Gasteiger partial charge on any atom is -0.481 e. The zero-order valence-electron chi connectivity index (χ0n) is 22.2. The number of aliphatic carboxylic acids is 1. The summed E-state index contributed by atoms with van der Waals surface area (Å²) in [6.07, 6.45) is 28.7. The van der Waals surface area contributed by atoms with Gasteiger partial charge >= 0.3 is 11.9 Å². The van der Waals surface area contributed by atoms with Crippen molar-refractivity contribution in [3.8, 4) is 0 Å². The second-order valence-corrected chi connectivity index (χ2v) is 10.1. The van der Waals surface area contributed by atoms with E-state index in [-0.39, 0.29) is 18.5 Å². The first kappa shape index (κ1) is 31.9. The van der Waals surface area contributed by atoms with Crippen LogP contribution in [0.2, 0.25) is 0 Å². The number of unbranched alkanes of at least 4 members (excludes halogenated alkanes) is 19. The van der Waals surface area contributed by atoms with Gasteiger partial charge < -0.3 is 9.84 Å². The molecular formula is C29H56O4. The van der Waals surface area contributed by atoms with E-state index in [2.05, 4.69) is 6.92 Å². The van der Waals surface area contributed by atoms with E-state index in [1.54, 1.807) is 0 Å². The number of carbonyl (C=O) groups excluding carboxylic acids is 1. The Labute approximate surface area is 205 Å². The van der Waals surface area contributed by atoms with Crippen molar-refractivity contribution in [3.63, 3.8) is 0 Å². The molecule has 0 aromatic carbocycles. The largest absolute Gasteiger partial charge is 0.481 e. The molecule has 0 aliphatic rings. The molecule has 0 aromatic rings. The maximum absolute atomic E-state index is 11.8. The molecule has 0 fully saturated rings. The summed E-state index contributed by atoms with van der Waals surface area (Å²) in [7, 11) is 0. The molecule has 1 atom stereocenters. The lowest BCUT2D eigenvalue weighted by molar-refractivity contribution is -0.148. The molecular weight excluding hydrogens is 412 g/mol. The SMILES string of the molecule is CCCCCCCCCCCCCCCCCCCCCCC(=O)OC(C)CCCC(=O)O. The van der Waals surface area contributed by atoms with Gasteiger partial charge in [0.1, 0.15) is 0 Å². The van der Waals surface area contributed by atoms with E-state index in [1.165, 1.54) is 116 Å². The number of hydrogen-bond acceptors (Lipinski definition) is 3. The van der Waals surface area contributed by atoms with Gasteiger partial charge in [-0.3, -0.25) is 9.59 Å². The van der Waals surface area contributed by atoms with E-state index in [0.29, 0.717) is 19.3 Å². The van der Waals surface area contributed by atoms with Crippen LogP contribution in [-0.4, -0.2) is 23.1 Å². The molecule has 0 saturated carbocycles. The van der Waals surface area contributed by atoms with Crippen molar-refractivity contribution in [2.75, 3.05) is 0 Å². The van der Waals surface area contributed by atoms with Crippen LogP contribution < -0.4 is 0 Å². The molecule has 0 spiro atoms. The summed E-state index contributed by atoms with van der Waals surface area (Å²) in [5, 5.41) is 8.63. The maximum atomic E-state index is 11.8. The standard InChI is InChI=1S/C29H56O4/c1-3-4-5-6-7-8-9-10-11-12-13-14-15-16-17-18-19-20-21-22-26-29(32)33-27(2)24-23-25-28(30)31/h27H,3-26H2,1-2H3,(H,30,31). The number of esters is 1. The summed E-state index contributed by atoms with van der Waals surface area (Å²) >= 11 is 0. The molecule has 0 heterocycles. The molecule has 1 unspecified atom stereocenters. The third-order valence-corrected chi connectivity index (χ3v) is 6.57. The Morgan fingerprint density at radius 3 is 1.30 bits per heavy atom. The van der Waals surface area contributed by atoms with Crippen LogP contribution in [0.3, 0.4) is 0 Å². The van der Waals surface area contributed by atoms with Gasteiger partial charge in [0.05, 0.1) is 6.10 Å². The lowest BCUT2D eigenvalue weighted by Gasteiger charge is -2.12. The predicted molar refractivity (Wildman–Crippen MR) is 140 cm³/mol. The Hall–Kier alpha value is -1.06. The number of carboxylic acid groups (broad SMARTS) is 1. The van der Waals surface area contributed by atoms with Gasteiger partial charge in [0.2, 0.25) is 0 Å². The Kier molecular flexibility index (Phi) is 24.7. The average Bonchev–Trinajstić information content (AvgIpc) is 2.77. The van der Waals surface area contributed by atoms with Gasteiger partial charge in [-0.25, -0.2) is 0 Å². The third kappa shape index (κ3) is 27.1. The Morgan fingerprint density at radius 2 is 0.939 bits per heavy atom. The molecule has 0 amide bonds. The minimum absolute atomic E-state index is 0.139. The molecule has 196 valence electrons. The smallest absolute Gasteiger partial charge is 0.306 e. The highest BCUT2D eigenvalue weighted by Gasteiger charge is 2.10. The summed E-state index contributed by atoms with van der Waals surface area (Å²) in [5.74, 6) is -0.932. The third-order valence-electron chi connectivity index (χ3n) is 6.57. The minimum atomic E-state index is -0.794. The Bertz CT molecular complexity index is 435. The second kappa shape index (κ2) is 25.6. The lowest BCUT2D eigenvalue weighted by Crippen LogP contribution is -2.15. The van der Waals surface area contributed by atoms with E-state index in [4.69, 9.17) is 9.84 Å². The molecule has 0 aliphatic heterocycles. The van der Waals surface area contributed by atoms with E-state index >= 15 is 0 Å².